The van der Waals surface area contributed by atoms with Crippen molar-refractivity contribution in [1.29, 1.82) is 0 Å². The summed E-state index contributed by atoms with van der Waals surface area (Å²) >= 11 is 1.42. The molecule has 3 aliphatic rings. The molecule has 2 bridgehead atoms. The Morgan fingerprint density at radius 2 is 1.71 bits per heavy atom. The van der Waals surface area contributed by atoms with Crippen molar-refractivity contribution in [3.8, 4) is 0 Å². The number of para-hydroxylation sites is 1. The molecule has 2 aromatic rings. The standard InChI is InChI=1S/C16H12N2O2S/c19-14-12-8-5-6-9(7-8)13(12)15(20)18(14)16-17-10-3-1-2-4-11(10)21-16/h1-6,8-9,12-13H,7H2/t8-,9-,12-,13-/m0/s1. The summed E-state index contributed by atoms with van der Waals surface area (Å²) in [4.78, 5) is 31.2. The quantitative estimate of drug-likeness (QED) is 0.600. The average molecular weight is 296 g/mol. The van der Waals surface area contributed by atoms with E-state index in [0.717, 1.165) is 16.6 Å². The molecule has 1 aromatic carbocycles. The third-order valence-corrected chi connectivity index (χ3v) is 5.97. The first kappa shape index (κ1) is 11.6. The Morgan fingerprint density at radius 3 is 2.38 bits per heavy atom. The van der Waals surface area contributed by atoms with Crippen LogP contribution in [0.15, 0.2) is 36.4 Å². The number of aromatic nitrogens is 1. The van der Waals surface area contributed by atoms with Crippen LogP contribution in [0.4, 0.5) is 5.13 Å². The summed E-state index contributed by atoms with van der Waals surface area (Å²) in [6.45, 7) is 0. The highest BCUT2D eigenvalue weighted by atomic mass is 32.1. The smallest absolute Gasteiger partial charge is 0.240 e. The second-order valence-electron chi connectivity index (χ2n) is 5.98. The maximum Gasteiger partial charge on any atom is 0.240 e. The summed E-state index contributed by atoms with van der Waals surface area (Å²) in [7, 11) is 0. The van der Waals surface area contributed by atoms with E-state index >= 15 is 0 Å². The Labute approximate surface area is 125 Å². The van der Waals surface area contributed by atoms with Crippen LogP contribution in [0.3, 0.4) is 0 Å². The number of carbonyl (C=O) groups excluding carboxylic acids is 2. The lowest BCUT2D eigenvalue weighted by Gasteiger charge is -2.14. The number of rotatable bonds is 1. The summed E-state index contributed by atoms with van der Waals surface area (Å²) in [6, 6.07) is 7.73. The van der Waals surface area contributed by atoms with Gasteiger partial charge in [0, 0.05) is 0 Å². The Kier molecular flexibility index (Phi) is 2.10. The lowest BCUT2D eigenvalue weighted by Crippen LogP contribution is -2.32. The van der Waals surface area contributed by atoms with E-state index in [1.54, 1.807) is 0 Å². The summed E-state index contributed by atoms with van der Waals surface area (Å²) in [5.74, 6) is 0.0764. The van der Waals surface area contributed by atoms with E-state index in [1.807, 2.05) is 24.3 Å². The minimum atomic E-state index is -0.153. The maximum atomic E-state index is 12.7. The van der Waals surface area contributed by atoms with E-state index in [0.29, 0.717) is 5.13 Å². The van der Waals surface area contributed by atoms with Gasteiger partial charge in [-0.1, -0.05) is 35.6 Å². The molecule has 4 nitrogen and oxygen atoms in total. The second kappa shape index (κ2) is 3.80. The molecule has 4 atom stereocenters. The van der Waals surface area contributed by atoms with Gasteiger partial charge in [-0.25, -0.2) is 9.88 Å². The number of amides is 2. The molecule has 1 aliphatic heterocycles. The molecule has 21 heavy (non-hydrogen) atoms. The third kappa shape index (κ3) is 1.37. The van der Waals surface area contributed by atoms with Crippen LogP contribution in [0, 0.1) is 23.7 Å². The number of carbonyl (C=O) groups is 2. The predicted octanol–water partition coefficient (Wildman–Crippen LogP) is 2.61. The summed E-state index contributed by atoms with van der Waals surface area (Å²) < 4.78 is 1.01. The van der Waals surface area contributed by atoms with Gasteiger partial charge in [0.1, 0.15) is 0 Å². The van der Waals surface area contributed by atoms with E-state index < -0.39 is 0 Å². The average Bonchev–Trinajstić information content (AvgIpc) is 3.21. The van der Waals surface area contributed by atoms with Crippen molar-refractivity contribution in [2.24, 2.45) is 23.7 Å². The van der Waals surface area contributed by atoms with Crippen LogP contribution in [0.5, 0.6) is 0 Å². The van der Waals surface area contributed by atoms with E-state index in [-0.39, 0.29) is 35.5 Å². The number of benzene rings is 1. The van der Waals surface area contributed by atoms with Crippen molar-refractivity contribution in [2.75, 3.05) is 4.90 Å². The molecular formula is C16H12N2O2S. The van der Waals surface area contributed by atoms with Gasteiger partial charge in [0.15, 0.2) is 5.13 Å². The first-order valence-corrected chi connectivity index (χ1v) is 7.97. The van der Waals surface area contributed by atoms with Crippen molar-refractivity contribution < 1.29 is 9.59 Å². The fourth-order valence-electron chi connectivity index (χ4n) is 4.05. The molecule has 1 saturated carbocycles. The van der Waals surface area contributed by atoms with E-state index in [1.165, 1.54) is 16.2 Å². The zero-order valence-electron chi connectivity index (χ0n) is 11.1. The first-order chi connectivity index (χ1) is 10.2. The van der Waals surface area contributed by atoms with Crippen molar-refractivity contribution in [3.05, 3.63) is 36.4 Å². The number of allylic oxidation sites excluding steroid dienone is 2. The van der Waals surface area contributed by atoms with Crippen LogP contribution in [0.25, 0.3) is 10.2 Å². The zero-order chi connectivity index (χ0) is 14.1. The molecule has 2 heterocycles. The molecule has 2 amide bonds. The van der Waals surface area contributed by atoms with Crippen LogP contribution in [0.1, 0.15) is 6.42 Å². The van der Waals surface area contributed by atoms with E-state index in [4.69, 9.17) is 0 Å². The Hall–Kier alpha value is -2.01. The number of hydrogen-bond acceptors (Lipinski definition) is 4. The molecule has 5 heteroatoms. The van der Waals surface area contributed by atoms with Gasteiger partial charge < -0.3 is 0 Å². The van der Waals surface area contributed by atoms with Gasteiger partial charge >= 0.3 is 0 Å². The normalized spacial score (nSPS) is 33.4. The lowest BCUT2D eigenvalue weighted by molar-refractivity contribution is -0.123. The number of nitrogens with zero attached hydrogens (tertiary/aromatic N) is 2. The fourth-order valence-corrected chi connectivity index (χ4v) is 5.02. The predicted molar refractivity (Wildman–Crippen MR) is 79.8 cm³/mol. The van der Waals surface area contributed by atoms with Crippen molar-refractivity contribution in [1.82, 2.24) is 4.98 Å². The molecule has 0 spiro atoms. The van der Waals surface area contributed by atoms with Crippen molar-refractivity contribution in [2.45, 2.75) is 6.42 Å². The Bertz CT molecular complexity index is 762. The molecule has 1 aromatic heterocycles. The second-order valence-corrected chi connectivity index (χ2v) is 6.99. The number of anilines is 1. The molecule has 0 radical (unpaired) electrons. The molecule has 1 saturated heterocycles. The SMILES string of the molecule is O=C1[C@@H]2[C@@H](C(=O)N1c1nc3ccccc3s1)[C@H]1C=C[C@H]2C1. The van der Waals surface area contributed by atoms with Gasteiger partial charge in [-0.3, -0.25) is 9.59 Å². The van der Waals surface area contributed by atoms with Gasteiger partial charge in [0.05, 0.1) is 22.1 Å². The minimum Gasteiger partial charge on any atom is -0.274 e. The number of thiazole rings is 1. The van der Waals surface area contributed by atoms with Gasteiger partial charge in [-0.2, -0.15) is 0 Å². The van der Waals surface area contributed by atoms with E-state index in [9.17, 15) is 9.59 Å². The molecule has 0 N–H and O–H groups in total. The molecule has 104 valence electrons. The van der Waals surface area contributed by atoms with Crippen molar-refractivity contribution >= 4 is 38.5 Å². The van der Waals surface area contributed by atoms with E-state index in [2.05, 4.69) is 17.1 Å². The summed E-state index contributed by atoms with van der Waals surface area (Å²) in [5, 5.41) is 0.528. The van der Waals surface area contributed by atoms with Crippen LogP contribution >= 0.6 is 11.3 Å². The number of fused-ring (bicyclic) bond motifs is 6. The highest BCUT2D eigenvalue weighted by Gasteiger charge is 2.60. The van der Waals surface area contributed by atoms with Crippen LogP contribution in [0.2, 0.25) is 0 Å². The highest BCUT2D eigenvalue weighted by Crippen LogP contribution is 2.53. The lowest BCUT2D eigenvalue weighted by atomic mass is 9.85. The van der Waals surface area contributed by atoms with Crippen molar-refractivity contribution in [3.63, 3.8) is 0 Å². The van der Waals surface area contributed by atoms with Crippen LogP contribution in [-0.2, 0) is 9.59 Å². The maximum absolute atomic E-state index is 12.7. The van der Waals surface area contributed by atoms with Crippen LogP contribution < -0.4 is 4.90 Å². The zero-order valence-corrected chi connectivity index (χ0v) is 11.9. The van der Waals surface area contributed by atoms with Crippen LogP contribution in [-0.4, -0.2) is 16.8 Å². The van der Waals surface area contributed by atoms with Gasteiger partial charge in [-0.05, 0) is 30.4 Å². The van der Waals surface area contributed by atoms with Gasteiger partial charge in [-0.15, -0.1) is 0 Å². The monoisotopic (exact) mass is 296 g/mol. The summed E-state index contributed by atoms with van der Waals surface area (Å²) in [6.07, 6.45) is 5.18. The Morgan fingerprint density at radius 1 is 1.05 bits per heavy atom. The molecule has 0 unspecified atom stereocenters. The molecular weight excluding hydrogens is 284 g/mol. The topological polar surface area (TPSA) is 50.3 Å². The van der Waals surface area contributed by atoms with Gasteiger partial charge in [0.25, 0.3) is 0 Å². The first-order valence-electron chi connectivity index (χ1n) is 7.16. The van der Waals surface area contributed by atoms with Gasteiger partial charge in [0.2, 0.25) is 11.8 Å². The number of imide groups is 1. The molecule has 5 rings (SSSR count). The highest BCUT2D eigenvalue weighted by molar-refractivity contribution is 7.22. The minimum absolute atomic E-state index is 0.0547. The largest absolute Gasteiger partial charge is 0.274 e. The summed E-state index contributed by atoms with van der Waals surface area (Å²) in [5.41, 5.74) is 0.844. The third-order valence-electron chi connectivity index (χ3n) is 4.94. The molecule has 2 fully saturated rings. The fraction of sp³-hybridized carbons (Fsp3) is 0.312. The number of hydrogen-bond donors (Lipinski definition) is 0. The Balaban J connectivity index is 1.61. The molecule has 2 aliphatic carbocycles.